The van der Waals surface area contributed by atoms with Gasteiger partial charge in [-0.3, -0.25) is 57.3 Å². The number of aromatic nitrogens is 12. The smallest absolute Gasteiger partial charge is 0.276 e. The second-order valence-corrected chi connectivity index (χ2v) is 32.3. The summed E-state index contributed by atoms with van der Waals surface area (Å²) in [5, 5.41) is 37.2. The van der Waals surface area contributed by atoms with Crippen molar-refractivity contribution in [2.45, 2.75) is 218 Å². The number of aryl methyl sites for hydroxylation is 11. The van der Waals surface area contributed by atoms with Crippen LogP contribution in [0.2, 0.25) is 0 Å². The van der Waals surface area contributed by atoms with Gasteiger partial charge in [0.2, 0.25) is 0 Å². The Kier molecular flexibility index (Phi) is 25.7. The maximum Gasteiger partial charge on any atom is 0.276 e. The van der Waals surface area contributed by atoms with Crippen LogP contribution in [0.3, 0.4) is 0 Å². The topological polar surface area (TPSA) is 268 Å². The van der Waals surface area contributed by atoms with E-state index in [1.165, 1.54) is 89.2 Å². The molecule has 8 heterocycles. The summed E-state index contributed by atoms with van der Waals surface area (Å²) in [7, 11) is 0. The van der Waals surface area contributed by atoms with Gasteiger partial charge in [-0.05, 0) is 318 Å². The Balaban J connectivity index is 0.000000132. The Morgan fingerprint density at radius 3 is 1.11 bits per heavy atom. The van der Waals surface area contributed by atoms with Crippen LogP contribution in [-0.4, -0.2) is 101 Å². The van der Waals surface area contributed by atoms with E-state index in [4.69, 9.17) is 6.57 Å². The van der Waals surface area contributed by atoms with E-state index in [0.29, 0.717) is 111 Å². The summed E-state index contributed by atoms with van der Waals surface area (Å²) < 4.78 is 23.0. The number of nitrogens with one attached hydrogen (secondary N) is 5. The lowest BCUT2D eigenvalue weighted by atomic mass is 10.1. The molecule has 10 aromatic rings. The highest BCUT2D eigenvalue weighted by Crippen LogP contribution is 2.44. The third-order valence-electron chi connectivity index (χ3n) is 23.0. The zero-order valence-corrected chi connectivity index (χ0v) is 68.8. The lowest BCUT2D eigenvalue weighted by Gasteiger charge is -2.22. The van der Waals surface area contributed by atoms with Crippen molar-refractivity contribution in [3.8, 4) is 0 Å². The minimum absolute atomic E-state index is 0.121. The number of carbonyl (C=O) groups is 5. The molecular formula is C89H110FN19O5. The Bertz CT molecular complexity index is 5180. The molecule has 5 amide bonds. The van der Waals surface area contributed by atoms with Crippen molar-refractivity contribution >= 4 is 69.3 Å². The van der Waals surface area contributed by atoms with Crippen molar-refractivity contribution < 1.29 is 28.4 Å². The quantitative estimate of drug-likeness (QED) is 0.0419. The van der Waals surface area contributed by atoms with Crippen molar-refractivity contribution in [2.24, 2.45) is 29.6 Å². The third kappa shape index (κ3) is 20.3. The standard InChI is InChI=1S/C21H28N4O.C18H20N4O.C17H20FN3O.C17H22N4O.C16H20N4O/c1-14-7-6-8-19(24-11-4-5-12-24)20(14)22-21(26)18-13-15(2)25(23-18)16(3)17-9-10-17;1-11-5-8-15(19-4)10-16(11)20-18(23)17-9-12(2)22(21-17)13(3)14-6-7-14;1-10-8-14(18)6-7-15(10)19-17(22)16-9-11(2)21(20-16)12(3)13-4-5-13;1-10-8-18-9-11(2)16(10)19-17(22)15-7-12(3)21(20-15)13(4)14-5-6-14;1-10-9-17-7-6-14(10)18-16(21)15-8-11(2)20(19-15)12(3)13-4-5-13/h6-8,13,16-17H,4-5,9-12H2,1-3H3,(H,22,26);5,8-10,13-14H,6-7H2,1-3H3,(H,20,23);6-9,12-13H,4-5H2,1-3H3,(H,19,22);7-9,13-14H,5-6H2,1-4H3,(H,18,19,22);6-9,12-13H,4-5H2,1-3H3,(H,17,18,21). The number of carbonyl (C=O) groups excluding carboxylic acids is 5. The van der Waals surface area contributed by atoms with Crippen LogP contribution < -0.4 is 31.5 Å². The van der Waals surface area contributed by atoms with Gasteiger partial charge in [0.1, 0.15) is 5.82 Å². The van der Waals surface area contributed by atoms with E-state index < -0.39 is 0 Å². The number of anilines is 6. The first-order valence-corrected chi connectivity index (χ1v) is 40.3. The number of rotatable bonds is 21. The Morgan fingerprint density at radius 1 is 0.386 bits per heavy atom. The molecule has 25 heteroatoms. The number of nitrogens with zero attached hydrogens (tertiary/aromatic N) is 14. The summed E-state index contributed by atoms with van der Waals surface area (Å²) in [6.45, 7) is 41.5. The molecule has 16 rings (SSSR count). The normalized spacial score (nSPS) is 16.1. The largest absolute Gasteiger partial charge is 0.370 e. The number of pyridine rings is 2. The Hall–Kier alpha value is -11.4. The summed E-state index contributed by atoms with van der Waals surface area (Å²) in [4.78, 5) is 76.4. The highest BCUT2D eigenvalue weighted by atomic mass is 19.1. The number of amides is 5. The number of benzene rings is 3. The van der Waals surface area contributed by atoms with Gasteiger partial charge in [-0.25, -0.2) is 9.24 Å². The van der Waals surface area contributed by atoms with Crippen LogP contribution in [0.25, 0.3) is 4.85 Å². The molecule has 5 unspecified atom stereocenters. The monoisotopic (exact) mass is 1540 g/mol. The molecule has 24 nitrogen and oxygen atoms in total. The average molecular weight is 1540 g/mol. The van der Waals surface area contributed by atoms with E-state index in [-0.39, 0.29) is 35.4 Å². The van der Waals surface area contributed by atoms with Crippen LogP contribution in [-0.2, 0) is 0 Å². The molecule has 0 spiro atoms. The molecule has 6 aliphatic rings. The lowest BCUT2D eigenvalue weighted by molar-refractivity contribution is 0.101. The summed E-state index contributed by atoms with van der Waals surface area (Å²) in [6, 6.07) is 28.6. The van der Waals surface area contributed by atoms with Crippen LogP contribution in [0, 0.1) is 118 Å². The number of hydrogen-bond acceptors (Lipinski definition) is 13. The molecule has 1 saturated heterocycles. The van der Waals surface area contributed by atoms with E-state index in [9.17, 15) is 28.4 Å². The third-order valence-corrected chi connectivity index (χ3v) is 23.0. The van der Waals surface area contributed by atoms with Crippen molar-refractivity contribution in [2.75, 3.05) is 44.6 Å². The van der Waals surface area contributed by atoms with Gasteiger partial charge in [-0.1, -0.05) is 24.3 Å². The minimum atomic E-state index is -0.311. The first-order valence-electron chi connectivity index (χ1n) is 40.3. The minimum Gasteiger partial charge on any atom is -0.370 e. The van der Waals surface area contributed by atoms with Crippen LogP contribution in [0.15, 0.2) is 116 Å². The maximum absolute atomic E-state index is 13.1. The molecule has 3 aromatic carbocycles. The molecule has 598 valence electrons. The van der Waals surface area contributed by atoms with Gasteiger partial charge >= 0.3 is 0 Å². The van der Waals surface area contributed by atoms with Crippen LogP contribution in [0.4, 0.5) is 44.2 Å². The van der Waals surface area contributed by atoms with Crippen LogP contribution >= 0.6 is 0 Å². The molecule has 7 aromatic heterocycles. The number of halogens is 1. The predicted molar refractivity (Wildman–Crippen MR) is 446 cm³/mol. The molecule has 114 heavy (non-hydrogen) atoms. The zero-order chi connectivity index (χ0) is 81.5. The number of hydrogen-bond donors (Lipinski definition) is 5. The zero-order valence-electron chi connectivity index (χ0n) is 68.8. The van der Waals surface area contributed by atoms with Crippen molar-refractivity contribution in [3.63, 3.8) is 0 Å². The lowest BCUT2D eigenvalue weighted by Crippen LogP contribution is -2.22. The molecule has 5 saturated carbocycles. The van der Waals surface area contributed by atoms with Gasteiger partial charge in [0.05, 0.1) is 48.2 Å². The molecule has 1 aliphatic heterocycles. The highest BCUT2D eigenvalue weighted by Gasteiger charge is 2.36. The summed E-state index contributed by atoms with van der Waals surface area (Å²) in [5.74, 6) is 2.22. The van der Waals surface area contributed by atoms with Crippen LogP contribution in [0.1, 0.15) is 256 Å². The van der Waals surface area contributed by atoms with Gasteiger partial charge < -0.3 is 31.5 Å². The summed E-state index contributed by atoms with van der Waals surface area (Å²) in [6.07, 6.45) is 21.9. The van der Waals surface area contributed by atoms with E-state index in [1.54, 1.807) is 62.0 Å². The predicted octanol–water partition coefficient (Wildman–Crippen LogP) is 19.0. The second-order valence-electron chi connectivity index (χ2n) is 32.3. The Labute approximate surface area is 668 Å². The van der Waals surface area contributed by atoms with Crippen molar-refractivity contribution in [3.05, 3.63) is 223 Å². The first-order chi connectivity index (χ1) is 54.5. The highest BCUT2D eigenvalue weighted by molar-refractivity contribution is 6.07. The fraction of sp³-hybridized carbons (Fsp3) is 0.449. The molecule has 0 bridgehead atoms. The van der Waals surface area contributed by atoms with Crippen molar-refractivity contribution in [1.29, 1.82) is 0 Å². The fourth-order valence-electron chi connectivity index (χ4n) is 15.0. The van der Waals surface area contributed by atoms with Gasteiger partial charge in [0.15, 0.2) is 34.2 Å². The number of para-hydroxylation sites is 1. The molecule has 5 atom stereocenters. The van der Waals surface area contributed by atoms with E-state index >= 15 is 0 Å². The molecule has 5 N–H and O–H groups in total. The second kappa shape index (κ2) is 35.7. The SMILES string of the molecule is Cc1cc(F)ccc1NC(=O)c1cc(C)n(C(C)C2CC2)n1.Cc1cccc(N2CCCC2)c1NC(=O)c1cc(C)n(C(C)C2CC2)n1.Cc1cncc(C)c1NC(=O)c1cc(C)n(C(C)C2CC2)n1.Cc1cnccc1NC(=O)c1cc(C)n(C(C)C2CC2)n1.[C-]#[N+]c1ccc(C)c(NC(=O)c2cc(C)n(C(C)C3CC3)n2)c1. The Morgan fingerprint density at radius 2 is 0.746 bits per heavy atom. The van der Waals surface area contributed by atoms with E-state index in [2.05, 4.69) is 119 Å². The van der Waals surface area contributed by atoms with Crippen LogP contribution in [0.5, 0.6) is 0 Å². The maximum atomic E-state index is 13.1. The van der Waals surface area contributed by atoms with Gasteiger partial charge in [0.25, 0.3) is 29.5 Å². The molecule has 0 radical (unpaired) electrons. The molecule has 5 aliphatic carbocycles. The van der Waals surface area contributed by atoms with E-state index in [1.807, 2.05) is 129 Å². The van der Waals surface area contributed by atoms with Crippen molar-refractivity contribution in [1.82, 2.24) is 58.9 Å². The molecular weight excluding hydrogens is 1430 g/mol. The molecule has 6 fully saturated rings. The van der Waals surface area contributed by atoms with Gasteiger partial charge in [-0.2, -0.15) is 25.5 Å². The van der Waals surface area contributed by atoms with Gasteiger partial charge in [-0.15, -0.1) is 0 Å². The first kappa shape index (κ1) is 82.0. The van der Waals surface area contributed by atoms with Gasteiger partial charge in [0, 0.05) is 89.1 Å². The average Bonchev–Trinajstić information content (AvgIpc) is 1.67. The summed E-state index contributed by atoms with van der Waals surface area (Å²) in [5.41, 5.74) is 18.3. The summed E-state index contributed by atoms with van der Waals surface area (Å²) >= 11 is 0. The fourth-order valence-corrected chi connectivity index (χ4v) is 15.0. The van der Waals surface area contributed by atoms with E-state index in [0.717, 1.165) is 92.1 Å².